The molecule has 2 aliphatic rings. The van der Waals surface area contributed by atoms with Gasteiger partial charge >= 0.3 is 0 Å². The molecule has 5 aromatic rings. The molecule has 2 amide bonds. The molecule has 0 aliphatic carbocycles. The van der Waals surface area contributed by atoms with Crippen molar-refractivity contribution in [3.63, 3.8) is 0 Å². The smallest absolute Gasteiger partial charge is 0.238 e. The SMILES string of the molecule is Cl.O=C1CN(S(=O)(=O)/C=C/c2ccc(Cl)s2)CCN1Cc1ccc2c(Cl)cnnc2c1.O=C1CNCCN1Cc1ccc2c(Cl)cnnc2c1. The normalized spacial score (nSPS) is 15.7. The number of hydrogen-bond acceptors (Lipinski definition) is 10. The molecule has 0 spiro atoms. The van der Waals surface area contributed by atoms with Crippen LogP contribution in [0.5, 0.6) is 0 Å². The average molecular weight is 797 g/mol. The van der Waals surface area contributed by atoms with Crippen LogP contribution in [0.4, 0.5) is 0 Å². The van der Waals surface area contributed by atoms with Crippen molar-refractivity contribution in [1.82, 2.24) is 39.8 Å². The summed E-state index contributed by atoms with van der Waals surface area (Å²) in [6, 6.07) is 14.8. The Bertz CT molecular complexity index is 2170. The second kappa shape index (κ2) is 16.7. The van der Waals surface area contributed by atoms with Gasteiger partial charge in [0.25, 0.3) is 0 Å². The van der Waals surface area contributed by atoms with Crippen LogP contribution in [0.2, 0.25) is 14.4 Å². The highest BCUT2D eigenvalue weighted by molar-refractivity contribution is 7.92. The molecule has 0 unspecified atom stereocenters. The van der Waals surface area contributed by atoms with Crippen molar-refractivity contribution in [1.29, 1.82) is 0 Å². The van der Waals surface area contributed by atoms with Crippen LogP contribution in [0.3, 0.4) is 0 Å². The van der Waals surface area contributed by atoms with Crippen molar-refractivity contribution in [3.8, 4) is 0 Å². The number of aromatic nitrogens is 4. The highest BCUT2D eigenvalue weighted by Gasteiger charge is 2.30. The lowest BCUT2D eigenvalue weighted by atomic mass is 10.1. The van der Waals surface area contributed by atoms with Crippen LogP contribution in [-0.4, -0.2) is 94.0 Å². The molecule has 0 radical (unpaired) electrons. The standard InChI is InChI=1S/C19H16Cl2N4O3S2.C13H13ClN4O.ClH/c20-16-10-22-23-17-9-13(1-3-15(16)17)11-24-6-7-25(12-19(24)26)30(27,28)8-5-14-2-4-18(21)29-14;14-11-6-16-17-12-5-9(1-2-10(11)12)8-18-4-3-15-7-13(18)19;/h1-5,8-10H,6-7,11-12H2;1-2,5-6,15H,3-4,7-8H2;1H/b8-5+;;. The first-order valence-electron chi connectivity index (χ1n) is 15.1. The summed E-state index contributed by atoms with van der Waals surface area (Å²) in [5.74, 6) is -0.127. The maximum Gasteiger partial charge on any atom is 0.238 e. The predicted octanol–water partition coefficient (Wildman–Crippen LogP) is 5.28. The van der Waals surface area contributed by atoms with Gasteiger partial charge in [-0.25, -0.2) is 8.42 Å². The number of carbonyl (C=O) groups is 2. The van der Waals surface area contributed by atoms with E-state index in [4.69, 9.17) is 34.8 Å². The van der Waals surface area contributed by atoms with Crippen molar-refractivity contribution in [2.75, 3.05) is 39.3 Å². The van der Waals surface area contributed by atoms with Crippen molar-refractivity contribution in [2.24, 2.45) is 0 Å². The summed E-state index contributed by atoms with van der Waals surface area (Å²) < 4.78 is 26.9. The minimum atomic E-state index is -3.70. The molecule has 50 heavy (non-hydrogen) atoms. The number of benzene rings is 2. The molecular weight excluding hydrogens is 766 g/mol. The van der Waals surface area contributed by atoms with E-state index >= 15 is 0 Å². The number of hydrogen-bond donors (Lipinski definition) is 1. The van der Waals surface area contributed by atoms with Crippen molar-refractivity contribution < 1.29 is 18.0 Å². The second-order valence-corrected chi connectivity index (χ2v) is 15.6. The monoisotopic (exact) mass is 794 g/mol. The van der Waals surface area contributed by atoms with Gasteiger partial charge in [0.05, 0.1) is 50.9 Å². The molecule has 0 saturated carbocycles. The van der Waals surface area contributed by atoms with E-state index in [0.29, 0.717) is 46.1 Å². The fourth-order valence-electron chi connectivity index (χ4n) is 5.33. The zero-order valence-electron chi connectivity index (χ0n) is 26.2. The zero-order chi connectivity index (χ0) is 34.5. The maximum absolute atomic E-state index is 12.6. The summed E-state index contributed by atoms with van der Waals surface area (Å²) in [5.41, 5.74) is 3.32. The molecule has 2 aromatic carbocycles. The lowest BCUT2D eigenvalue weighted by Gasteiger charge is -2.33. The number of rotatable bonds is 7. The average Bonchev–Trinajstić information content (AvgIpc) is 3.51. The number of amides is 2. The van der Waals surface area contributed by atoms with E-state index in [0.717, 1.165) is 50.8 Å². The molecule has 5 heterocycles. The summed E-state index contributed by atoms with van der Waals surface area (Å²) in [6.07, 6.45) is 4.50. The molecule has 12 nitrogen and oxygen atoms in total. The number of sulfonamides is 1. The van der Waals surface area contributed by atoms with E-state index < -0.39 is 10.0 Å². The quantitative estimate of drug-likeness (QED) is 0.233. The molecule has 262 valence electrons. The number of thiophene rings is 1. The van der Waals surface area contributed by atoms with Gasteiger partial charge in [0.15, 0.2) is 0 Å². The summed E-state index contributed by atoms with van der Waals surface area (Å²) in [5, 5.41) is 22.8. The number of nitrogens with one attached hydrogen (secondary N) is 1. The Labute approximate surface area is 313 Å². The largest absolute Gasteiger partial charge is 0.336 e. The van der Waals surface area contributed by atoms with Gasteiger partial charge in [-0.15, -0.1) is 23.7 Å². The van der Waals surface area contributed by atoms with Crippen LogP contribution in [0, 0.1) is 0 Å². The zero-order valence-corrected chi connectivity index (χ0v) is 30.9. The van der Waals surface area contributed by atoms with Gasteiger partial charge in [-0.3, -0.25) is 9.59 Å². The molecule has 3 aromatic heterocycles. The van der Waals surface area contributed by atoms with E-state index in [-0.39, 0.29) is 37.3 Å². The molecule has 7 rings (SSSR count). The lowest BCUT2D eigenvalue weighted by Crippen LogP contribution is -2.51. The van der Waals surface area contributed by atoms with Crippen LogP contribution < -0.4 is 5.32 Å². The number of nitrogens with zero attached hydrogens (tertiary/aromatic N) is 7. The molecular formula is C32H30Cl4N8O4S2. The van der Waals surface area contributed by atoms with E-state index in [1.807, 2.05) is 41.3 Å². The Morgan fingerprint density at radius 1 is 0.800 bits per heavy atom. The van der Waals surface area contributed by atoms with Crippen molar-refractivity contribution in [3.05, 3.63) is 96.7 Å². The first-order valence-corrected chi connectivity index (χ1v) is 18.5. The first kappa shape index (κ1) is 37.8. The molecule has 18 heteroatoms. The van der Waals surface area contributed by atoms with Gasteiger partial charge in [0.1, 0.15) is 0 Å². The maximum atomic E-state index is 12.6. The van der Waals surface area contributed by atoms with Crippen molar-refractivity contribution >= 4 is 108 Å². The number of halogens is 4. The van der Waals surface area contributed by atoms with Gasteiger partial charge in [-0.05, 0) is 41.5 Å². The van der Waals surface area contributed by atoms with E-state index in [1.165, 1.54) is 34.1 Å². The van der Waals surface area contributed by atoms with Crippen LogP contribution in [0.1, 0.15) is 16.0 Å². The van der Waals surface area contributed by atoms with E-state index in [9.17, 15) is 18.0 Å². The number of carbonyl (C=O) groups excluding carboxylic acids is 2. The number of piperazine rings is 2. The highest BCUT2D eigenvalue weighted by atomic mass is 35.5. The number of fused-ring (bicyclic) bond motifs is 2. The third-order valence-corrected chi connectivity index (χ3v) is 11.2. The Hall–Kier alpha value is -3.47. The van der Waals surface area contributed by atoms with Gasteiger partial charge in [-0.1, -0.05) is 59.1 Å². The second-order valence-electron chi connectivity index (χ2n) is 11.2. The minimum Gasteiger partial charge on any atom is -0.336 e. The molecule has 2 aliphatic heterocycles. The molecule has 2 saturated heterocycles. The third kappa shape index (κ3) is 9.25. The van der Waals surface area contributed by atoms with Gasteiger partial charge in [0, 0.05) is 60.3 Å². The highest BCUT2D eigenvalue weighted by Crippen LogP contribution is 2.25. The predicted molar refractivity (Wildman–Crippen MR) is 199 cm³/mol. The Morgan fingerprint density at radius 2 is 1.40 bits per heavy atom. The van der Waals surface area contributed by atoms with Crippen LogP contribution in [0.25, 0.3) is 27.9 Å². The Balaban J connectivity index is 0.000000209. The van der Waals surface area contributed by atoms with Crippen LogP contribution in [0.15, 0.2) is 66.3 Å². The third-order valence-electron chi connectivity index (χ3n) is 7.89. The summed E-state index contributed by atoms with van der Waals surface area (Å²) in [6.45, 7) is 3.28. The molecule has 0 atom stereocenters. The first-order chi connectivity index (χ1) is 23.6. The van der Waals surface area contributed by atoms with Gasteiger partial charge in [-0.2, -0.15) is 24.7 Å². The van der Waals surface area contributed by atoms with Crippen LogP contribution >= 0.6 is 58.5 Å². The Morgan fingerprint density at radius 3 is 1.94 bits per heavy atom. The van der Waals surface area contributed by atoms with Crippen molar-refractivity contribution in [2.45, 2.75) is 13.1 Å². The summed E-state index contributed by atoms with van der Waals surface area (Å²) in [4.78, 5) is 28.5. The minimum absolute atomic E-state index is 0. The Kier molecular flexibility index (Phi) is 12.6. The van der Waals surface area contributed by atoms with E-state index in [1.54, 1.807) is 17.0 Å². The van der Waals surface area contributed by atoms with Gasteiger partial charge in [0.2, 0.25) is 21.8 Å². The fraction of sp³-hybridized carbons (Fsp3) is 0.250. The van der Waals surface area contributed by atoms with Gasteiger partial charge < -0.3 is 15.1 Å². The summed E-state index contributed by atoms with van der Waals surface area (Å²) in [7, 11) is -3.70. The molecule has 0 bridgehead atoms. The van der Waals surface area contributed by atoms with Crippen LogP contribution in [-0.2, 0) is 32.7 Å². The van der Waals surface area contributed by atoms with E-state index in [2.05, 4.69) is 25.7 Å². The lowest BCUT2D eigenvalue weighted by molar-refractivity contribution is -0.134. The fourth-order valence-corrected chi connectivity index (χ4v) is 7.90. The molecule has 2 fully saturated rings. The summed E-state index contributed by atoms with van der Waals surface area (Å²) >= 11 is 19.3. The molecule has 1 N–H and O–H groups in total. The topological polar surface area (TPSA) is 142 Å².